The van der Waals surface area contributed by atoms with Gasteiger partial charge in [-0.25, -0.2) is 0 Å². The Morgan fingerprint density at radius 3 is 2.44 bits per heavy atom. The van der Waals surface area contributed by atoms with E-state index in [0.29, 0.717) is 0 Å². The third-order valence-corrected chi connectivity index (χ3v) is 3.05. The maximum Gasteiger partial charge on any atom is 0.307 e. The SMILES string of the molecule is CS(=O)(=O)Oc1cc(-c2ccc(Br)cc2)cnn1. The van der Waals surface area contributed by atoms with Crippen LogP contribution in [0, 0.1) is 0 Å². The second-order valence-corrected chi connectivity index (χ2v) is 6.07. The Morgan fingerprint density at radius 1 is 1.17 bits per heavy atom. The van der Waals surface area contributed by atoms with Gasteiger partial charge >= 0.3 is 10.1 Å². The molecule has 0 N–H and O–H groups in total. The number of hydrogen-bond acceptors (Lipinski definition) is 5. The summed E-state index contributed by atoms with van der Waals surface area (Å²) in [6.07, 6.45) is 2.50. The fourth-order valence-electron chi connectivity index (χ4n) is 1.34. The van der Waals surface area contributed by atoms with E-state index >= 15 is 0 Å². The van der Waals surface area contributed by atoms with Crippen LogP contribution in [-0.4, -0.2) is 24.9 Å². The Bertz CT molecular complexity index is 656. The molecule has 2 rings (SSSR count). The molecule has 0 saturated carbocycles. The molecule has 7 heteroatoms. The maximum atomic E-state index is 11.0. The highest BCUT2D eigenvalue weighted by Crippen LogP contribution is 2.23. The minimum absolute atomic E-state index is 0.0436. The van der Waals surface area contributed by atoms with Crippen LogP contribution in [0.1, 0.15) is 0 Å². The van der Waals surface area contributed by atoms with Crippen LogP contribution in [0.5, 0.6) is 5.88 Å². The molecule has 1 aromatic carbocycles. The summed E-state index contributed by atoms with van der Waals surface area (Å²) in [5.41, 5.74) is 1.63. The third kappa shape index (κ3) is 3.51. The van der Waals surface area contributed by atoms with E-state index in [9.17, 15) is 8.42 Å². The first kappa shape index (κ1) is 13.0. The molecule has 0 radical (unpaired) electrons. The van der Waals surface area contributed by atoms with E-state index in [2.05, 4.69) is 30.3 Å². The fourth-order valence-corrected chi connectivity index (χ4v) is 2.00. The number of nitrogens with zero attached hydrogens (tertiary/aromatic N) is 2. The molecule has 0 fully saturated rings. The molecule has 0 amide bonds. The van der Waals surface area contributed by atoms with Crippen molar-refractivity contribution in [2.24, 2.45) is 0 Å². The van der Waals surface area contributed by atoms with Crippen molar-refractivity contribution in [3.05, 3.63) is 41.0 Å². The number of halogens is 1. The minimum Gasteiger partial charge on any atom is -0.360 e. The van der Waals surface area contributed by atoms with Crippen molar-refractivity contribution in [1.29, 1.82) is 0 Å². The molecule has 0 aliphatic rings. The standard InChI is InChI=1S/C11H9BrN2O3S/c1-18(15,16)17-11-6-9(7-13-14-11)8-2-4-10(12)5-3-8/h2-7H,1H3. The predicted molar refractivity (Wildman–Crippen MR) is 70.6 cm³/mol. The van der Waals surface area contributed by atoms with Gasteiger partial charge in [0.25, 0.3) is 5.88 Å². The van der Waals surface area contributed by atoms with Gasteiger partial charge in [0.15, 0.2) is 0 Å². The molecule has 1 heterocycles. The summed E-state index contributed by atoms with van der Waals surface area (Å²) >= 11 is 3.34. The summed E-state index contributed by atoms with van der Waals surface area (Å²) in [5, 5.41) is 7.32. The number of benzene rings is 1. The van der Waals surface area contributed by atoms with Crippen molar-refractivity contribution < 1.29 is 12.6 Å². The predicted octanol–water partition coefficient (Wildman–Crippen LogP) is 2.24. The third-order valence-electron chi connectivity index (χ3n) is 2.05. The molecule has 0 spiro atoms. The second kappa shape index (κ2) is 5.03. The zero-order valence-electron chi connectivity index (χ0n) is 9.37. The topological polar surface area (TPSA) is 69.2 Å². The quantitative estimate of drug-likeness (QED) is 0.808. The van der Waals surface area contributed by atoms with Crippen LogP contribution in [0.15, 0.2) is 41.0 Å². The van der Waals surface area contributed by atoms with E-state index in [1.807, 2.05) is 24.3 Å². The first-order chi connectivity index (χ1) is 8.44. The van der Waals surface area contributed by atoms with Crippen molar-refractivity contribution in [2.45, 2.75) is 0 Å². The molecule has 94 valence electrons. The van der Waals surface area contributed by atoms with Crippen LogP contribution in [0.2, 0.25) is 0 Å². The lowest BCUT2D eigenvalue weighted by atomic mass is 10.1. The molecular weight excluding hydrogens is 320 g/mol. The van der Waals surface area contributed by atoms with Gasteiger partial charge in [0, 0.05) is 16.1 Å². The van der Waals surface area contributed by atoms with Gasteiger partial charge < -0.3 is 4.18 Å². The van der Waals surface area contributed by atoms with E-state index < -0.39 is 10.1 Å². The molecule has 1 aromatic heterocycles. The number of hydrogen-bond donors (Lipinski definition) is 0. The van der Waals surface area contributed by atoms with Gasteiger partial charge in [0.2, 0.25) is 0 Å². The molecule has 0 aliphatic carbocycles. The molecule has 0 atom stereocenters. The highest BCUT2D eigenvalue weighted by Gasteiger charge is 2.08. The van der Waals surface area contributed by atoms with Crippen molar-refractivity contribution in [3.63, 3.8) is 0 Å². The van der Waals surface area contributed by atoms with E-state index in [1.165, 1.54) is 6.07 Å². The Labute approximate surface area is 113 Å². The lowest BCUT2D eigenvalue weighted by Gasteiger charge is -2.04. The summed E-state index contributed by atoms with van der Waals surface area (Å²) < 4.78 is 27.6. The molecule has 0 aliphatic heterocycles. The van der Waals surface area contributed by atoms with Crippen LogP contribution < -0.4 is 4.18 Å². The van der Waals surface area contributed by atoms with Crippen LogP contribution in [-0.2, 0) is 10.1 Å². The smallest absolute Gasteiger partial charge is 0.307 e. The van der Waals surface area contributed by atoms with Crippen LogP contribution in [0.4, 0.5) is 0 Å². The Balaban J connectivity index is 2.35. The highest BCUT2D eigenvalue weighted by atomic mass is 79.9. The fraction of sp³-hybridized carbons (Fsp3) is 0.0909. The lowest BCUT2D eigenvalue weighted by Crippen LogP contribution is -2.07. The van der Waals surface area contributed by atoms with Gasteiger partial charge in [0.1, 0.15) is 0 Å². The van der Waals surface area contributed by atoms with Crippen molar-refractivity contribution in [3.8, 4) is 17.0 Å². The zero-order valence-corrected chi connectivity index (χ0v) is 11.8. The zero-order chi connectivity index (χ0) is 13.2. The Hall–Kier alpha value is -1.47. The first-order valence-electron chi connectivity index (χ1n) is 4.92. The summed E-state index contributed by atoms with van der Waals surface area (Å²) in [7, 11) is -3.59. The van der Waals surface area contributed by atoms with Crippen molar-refractivity contribution >= 4 is 26.0 Å². The highest BCUT2D eigenvalue weighted by molar-refractivity contribution is 9.10. The van der Waals surface area contributed by atoms with Gasteiger partial charge in [-0.15, -0.1) is 5.10 Å². The van der Waals surface area contributed by atoms with Gasteiger partial charge in [-0.2, -0.15) is 13.5 Å². The molecule has 18 heavy (non-hydrogen) atoms. The van der Waals surface area contributed by atoms with E-state index in [-0.39, 0.29) is 5.88 Å². The maximum absolute atomic E-state index is 11.0. The molecular formula is C11H9BrN2O3S. The monoisotopic (exact) mass is 328 g/mol. The average molecular weight is 329 g/mol. The minimum atomic E-state index is -3.59. The van der Waals surface area contributed by atoms with Gasteiger partial charge in [0.05, 0.1) is 12.5 Å². The Morgan fingerprint density at radius 2 is 1.83 bits per heavy atom. The van der Waals surface area contributed by atoms with Crippen LogP contribution >= 0.6 is 15.9 Å². The largest absolute Gasteiger partial charge is 0.360 e. The molecule has 0 unspecified atom stereocenters. The first-order valence-corrected chi connectivity index (χ1v) is 7.53. The van der Waals surface area contributed by atoms with E-state index in [4.69, 9.17) is 0 Å². The summed E-state index contributed by atoms with van der Waals surface area (Å²) in [6, 6.07) is 9.05. The molecule has 2 aromatic rings. The summed E-state index contributed by atoms with van der Waals surface area (Å²) in [6.45, 7) is 0. The van der Waals surface area contributed by atoms with Crippen molar-refractivity contribution in [2.75, 3.05) is 6.26 Å². The van der Waals surface area contributed by atoms with E-state index in [1.54, 1.807) is 6.20 Å². The average Bonchev–Trinajstić information content (AvgIpc) is 2.28. The van der Waals surface area contributed by atoms with Gasteiger partial charge in [-0.05, 0) is 17.7 Å². The second-order valence-electron chi connectivity index (χ2n) is 3.58. The molecule has 0 saturated heterocycles. The number of aromatic nitrogens is 2. The lowest BCUT2D eigenvalue weighted by molar-refractivity contribution is 0.478. The van der Waals surface area contributed by atoms with Crippen molar-refractivity contribution in [1.82, 2.24) is 10.2 Å². The molecule has 5 nitrogen and oxygen atoms in total. The van der Waals surface area contributed by atoms with Crippen LogP contribution in [0.25, 0.3) is 11.1 Å². The van der Waals surface area contributed by atoms with E-state index in [0.717, 1.165) is 21.9 Å². The normalized spacial score (nSPS) is 11.2. The van der Waals surface area contributed by atoms with Crippen LogP contribution in [0.3, 0.4) is 0 Å². The number of rotatable bonds is 3. The Kier molecular flexibility index (Phi) is 3.63. The van der Waals surface area contributed by atoms with Gasteiger partial charge in [-0.3, -0.25) is 0 Å². The summed E-state index contributed by atoms with van der Waals surface area (Å²) in [4.78, 5) is 0. The summed E-state index contributed by atoms with van der Waals surface area (Å²) in [5.74, 6) is -0.0436. The molecule has 0 bridgehead atoms. The van der Waals surface area contributed by atoms with Gasteiger partial charge in [-0.1, -0.05) is 28.1 Å².